The molecule has 5 nitrogen and oxygen atoms in total. The molecule has 0 atom stereocenters. The third kappa shape index (κ3) is 3.51. The summed E-state index contributed by atoms with van der Waals surface area (Å²) >= 11 is 1.49. The van der Waals surface area contributed by atoms with E-state index in [9.17, 15) is 4.79 Å². The van der Waals surface area contributed by atoms with Crippen molar-refractivity contribution in [3.05, 3.63) is 35.6 Å². The highest BCUT2D eigenvalue weighted by molar-refractivity contribution is 7.13. The minimum Gasteiger partial charge on any atom is -0.466 e. The standard InChI is InChI=1S/C13H15N3O2S/c1-3-18-12(17)7-10-9-19-13(15-10)16(2)11-5-4-6-14-8-11/h4-6,8-9H,3,7H2,1-2H3. The van der Waals surface area contributed by atoms with Gasteiger partial charge < -0.3 is 9.64 Å². The highest BCUT2D eigenvalue weighted by Crippen LogP contribution is 2.26. The summed E-state index contributed by atoms with van der Waals surface area (Å²) in [6.07, 6.45) is 3.71. The van der Waals surface area contributed by atoms with Crippen LogP contribution in [-0.4, -0.2) is 29.6 Å². The third-order valence-corrected chi connectivity index (χ3v) is 3.46. The molecule has 2 heterocycles. The number of hydrogen-bond acceptors (Lipinski definition) is 6. The molecule has 2 rings (SSSR count). The summed E-state index contributed by atoms with van der Waals surface area (Å²) in [5.74, 6) is -0.247. The lowest BCUT2D eigenvalue weighted by atomic mass is 10.3. The van der Waals surface area contributed by atoms with E-state index in [0.717, 1.165) is 16.5 Å². The third-order valence-electron chi connectivity index (χ3n) is 2.49. The van der Waals surface area contributed by atoms with Crippen LogP contribution in [0.5, 0.6) is 0 Å². The zero-order valence-electron chi connectivity index (χ0n) is 10.9. The van der Waals surface area contributed by atoms with Gasteiger partial charge in [-0.15, -0.1) is 11.3 Å². The lowest BCUT2D eigenvalue weighted by molar-refractivity contribution is -0.142. The minimum atomic E-state index is -0.247. The second-order valence-electron chi connectivity index (χ2n) is 3.87. The number of nitrogens with zero attached hydrogens (tertiary/aromatic N) is 3. The molecule has 0 aliphatic heterocycles. The Bertz CT molecular complexity index is 542. The summed E-state index contributed by atoms with van der Waals surface area (Å²) in [7, 11) is 1.92. The maximum absolute atomic E-state index is 11.4. The number of pyridine rings is 1. The van der Waals surface area contributed by atoms with E-state index in [1.54, 1.807) is 19.3 Å². The van der Waals surface area contributed by atoms with Gasteiger partial charge in [0.2, 0.25) is 0 Å². The van der Waals surface area contributed by atoms with Gasteiger partial charge in [0.1, 0.15) is 0 Å². The summed E-state index contributed by atoms with van der Waals surface area (Å²) in [5.41, 5.74) is 1.69. The van der Waals surface area contributed by atoms with Crippen LogP contribution in [0.15, 0.2) is 29.9 Å². The van der Waals surface area contributed by atoms with Crippen molar-refractivity contribution >= 4 is 28.1 Å². The number of hydrogen-bond donors (Lipinski definition) is 0. The first-order valence-electron chi connectivity index (χ1n) is 5.94. The predicted octanol–water partition coefficient (Wildman–Crippen LogP) is 2.41. The molecule has 0 aliphatic rings. The molecule has 0 saturated carbocycles. The van der Waals surface area contributed by atoms with Crippen molar-refractivity contribution in [3.63, 3.8) is 0 Å². The smallest absolute Gasteiger partial charge is 0.311 e. The van der Waals surface area contributed by atoms with Crippen molar-refractivity contribution in [2.75, 3.05) is 18.6 Å². The number of ether oxygens (including phenoxy) is 1. The van der Waals surface area contributed by atoms with E-state index in [4.69, 9.17) is 4.74 Å². The van der Waals surface area contributed by atoms with Crippen LogP contribution >= 0.6 is 11.3 Å². The number of esters is 1. The normalized spacial score (nSPS) is 10.2. The molecule has 0 unspecified atom stereocenters. The van der Waals surface area contributed by atoms with Crippen LogP contribution in [0.3, 0.4) is 0 Å². The molecule has 0 bridgehead atoms. The van der Waals surface area contributed by atoms with E-state index >= 15 is 0 Å². The highest BCUT2D eigenvalue weighted by Gasteiger charge is 2.12. The van der Waals surface area contributed by atoms with Gasteiger partial charge in [0.05, 0.1) is 30.6 Å². The van der Waals surface area contributed by atoms with Crippen molar-refractivity contribution in [1.29, 1.82) is 0 Å². The van der Waals surface area contributed by atoms with Crippen molar-refractivity contribution in [2.24, 2.45) is 0 Å². The molecule has 0 saturated heterocycles. The Morgan fingerprint density at radius 1 is 1.53 bits per heavy atom. The van der Waals surface area contributed by atoms with Crippen LogP contribution in [-0.2, 0) is 16.0 Å². The Kier molecular flexibility index (Phi) is 4.46. The Morgan fingerprint density at radius 3 is 3.05 bits per heavy atom. The summed E-state index contributed by atoms with van der Waals surface area (Å²) < 4.78 is 4.90. The molecule has 0 spiro atoms. The number of anilines is 2. The molecule has 0 N–H and O–H groups in total. The first-order valence-corrected chi connectivity index (χ1v) is 6.82. The monoisotopic (exact) mass is 277 g/mol. The van der Waals surface area contributed by atoms with Gasteiger partial charge in [-0.25, -0.2) is 4.98 Å². The molecule has 0 aromatic carbocycles. The molecule has 2 aromatic rings. The first kappa shape index (κ1) is 13.5. The number of aromatic nitrogens is 2. The van der Waals surface area contributed by atoms with Crippen LogP contribution < -0.4 is 4.90 Å². The average molecular weight is 277 g/mol. The molecule has 0 radical (unpaired) electrons. The molecular formula is C13H15N3O2S. The maximum atomic E-state index is 11.4. The molecular weight excluding hydrogens is 262 g/mol. The molecule has 100 valence electrons. The minimum absolute atomic E-state index is 0.214. The average Bonchev–Trinajstić information content (AvgIpc) is 2.87. The van der Waals surface area contributed by atoms with E-state index in [2.05, 4.69) is 9.97 Å². The lowest BCUT2D eigenvalue weighted by Gasteiger charge is -2.14. The predicted molar refractivity (Wildman–Crippen MR) is 74.8 cm³/mol. The van der Waals surface area contributed by atoms with E-state index in [1.807, 2.05) is 29.5 Å². The van der Waals surface area contributed by atoms with Crippen molar-refractivity contribution in [2.45, 2.75) is 13.3 Å². The first-order chi connectivity index (χ1) is 9.20. The number of carbonyl (C=O) groups excluding carboxylic acids is 1. The van der Waals surface area contributed by atoms with Crippen LogP contribution in [0.1, 0.15) is 12.6 Å². The molecule has 0 aliphatic carbocycles. The Balaban J connectivity index is 2.06. The zero-order valence-corrected chi connectivity index (χ0v) is 11.7. The summed E-state index contributed by atoms with van der Waals surface area (Å²) in [4.78, 5) is 21.8. The van der Waals surface area contributed by atoms with Gasteiger partial charge in [-0.2, -0.15) is 0 Å². The lowest BCUT2D eigenvalue weighted by Crippen LogP contribution is -2.10. The fraction of sp³-hybridized carbons (Fsp3) is 0.308. The van der Waals surface area contributed by atoms with E-state index < -0.39 is 0 Å². The van der Waals surface area contributed by atoms with Crippen LogP contribution in [0.25, 0.3) is 0 Å². The van der Waals surface area contributed by atoms with Gasteiger partial charge in [-0.05, 0) is 19.1 Å². The largest absolute Gasteiger partial charge is 0.466 e. The second-order valence-corrected chi connectivity index (χ2v) is 4.71. The van der Waals surface area contributed by atoms with Gasteiger partial charge in [-0.3, -0.25) is 9.78 Å². The van der Waals surface area contributed by atoms with Crippen molar-refractivity contribution in [1.82, 2.24) is 9.97 Å². The zero-order chi connectivity index (χ0) is 13.7. The van der Waals surface area contributed by atoms with Gasteiger partial charge >= 0.3 is 5.97 Å². The van der Waals surface area contributed by atoms with Crippen molar-refractivity contribution < 1.29 is 9.53 Å². The molecule has 0 amide bonds. The SMILES string of the molecule is CCOC(=O)Cc1csc(N(C)c2cccnc2)n1. The van der Waals surface area contributed by atoms with Gasteiger partial charge in [0.25, 0.3) is 0 Å². The summed E-state index contributed by atoms with van der Waals surface area (Å²) in [6.45, 7) is 2.19. The van der Waals surface area contributed by atoms with Crippen molar-refractivity contribution in [3.8, 4) is 0 Å². The Hall–Kier alpha value is -1.95. The summed E-state index contributed by atoms with van der Waals surface area (Å²) in [6, 6.07) is 3.83. The van der Waals surface area contributed by atoms with Gasteiger partial charge in [0, 0.05) is 18.6 Å². The topological polar surface area (TPSA) is 55.3 Å². The summed E-state index contributed by atoms with van der Waals surface area (Å²) in [5, 5.41) is 2.70. The fourth-order valence-corrected chi connectivity index (χ4v) is 2.36. The highest BCUT2D eigenvalue weighted by atomic mass is 32.1. The number of carbonyl (C=O) groups is 1. The second kappa shape index (κ2) is 6.29. The van der Waals surface area contributed by atoms with Gasteiger partial charge in [-0.1, -0.05) is 0 Å². The van der Waals surface area contributed by atoms with Crippen LogP contribution in [0, 0.1) is 0 Å². The molecule has 6 heteroatoms. The van der Waals surface area contributed by atoms with Crippen LogP contribution in [0.4, 0.5) is 10.8 Å². The molecule has 2 aromatic heterocycles. The molecule has 19 heavy (non-hydrogen) atoms. The van der Waals surface area contributed by atoms with E-state index in [1.165, 1.54) is 11.3 Å². The number of rotatable bonds is 5. The fourth-order valence-electron chi connectivity index (χ4n) is 1.55. The van der Waals surface area contributed by atoms with E-state index in [0.29, 0.717) is 6.61 Å². The quantitative estimate of drug-likeness (QED) is 0.786. The number of thiazole rings is 1. The van der Waals surface area contributed by atoms with Crippen LogP contribution in [0.2, 0.25) is 0 Å². The Labute approximate surface area is 115 Å². The molecule has 0 fully saturated rings. The van der Waals surface area contributed by atoms with E-state index in [-0.39, 0.29) is 12.4 Å². The Morgan fingerprint density at radius 2 is 2.37 bits per heavy atom. The van der Waals surface area contributed by atoms with Gasteiger partial charge in [0.15, 0.2) is 5.13 Å². The maximum Gasteiger partial charge on any atom is 0.311 e.